The summed E-state index contributed by atoms with van der Waals surface area (Å²) in [5, 5.41) is 0. The average Bonchev–Trinajstić information content (AvgIpc) is 2.23. The smallest absolute Gasteiger partial charge is 0.0514 e. The molecule has 0 bridgehead atoms. The van der Waals surface area contributed by atoms with Crippen molar-refractivity contribution in [3.8, 4) is 0 Å². The minimum Gasteiger partial charge on any atom is -0.381 e. The van der Waals surface area contributed by atoms with Crippen LogP contribution in [0.3, 0.4) is 0 Å². The highest BCUT2D eigenvalue weighted by Gasteiger charge is 2.09. The Morgan fingerprint density at radius 1 is 1.25 bits per heavy atom. The summed E-state index contributed by atoms with van der Waals surface area (Å²) < 4.78 is 5.68. The van der Waals surface area contributed by atoms with Crippen molar-refractivity contribution in [1.29, 1.82) is 0 Å². The van der Waals surface area contributed by atoms with Crippen LogP contribution in [0.25, 0.3) is 0 Å². The Morgan fingerprint density at radius 3 is 2.62 bits per heavy atom. The number of aromatic nitrogens is 1. The van der Waals surface area contributed by atoms with Crippen molar-refractivity contribution >= 4 is 0 Å². The van der Waals surface area contributed by atoms with Crippen molar-refractivity contribution in [3.63, 3.8) is 0 Å². The summed E-state index contributed by atoms with van der Waals surface area (Å²) in [6.45, 7) is 10.4. The Hall–Kier alpha value is -0.890. The van der Waals surface area contributed by atoms with Crippen LogP contribution in [-0.2, 0) is 17.6 Å². The average molecular weight is 221 g/mol. The highest BCUT2D eigenvalue weighted by Crippen LogP contribution is 2.14. The minimum atomic E-state index is 0.256. The number of aryl methyl sites for hydroxylation is 1. The van der Waals surface area contributed by atoms with Crippen molar-refractivity contribution in [1.82, 2.24) is 4.98 Å². The molecule has 1 rings (SSSR count). The van der Waals surface area contributed by atoms with Crippen LogP contribution in [0, 0.1) is 5.41 Å². The van der Waals surface area contributed by atoms with E-state index in [1.165, 1.54) is 11.1 Å². The SMILES string of the molecule is CCc1cnccc1CCOCC(C)(C)C. The largest absolute Gasteiger partial charge is 0.381 e. The molecule has 1 aromatic heterocycles. The maximum atomic E-state index is 5.68. The van der Waals surface area contributed by atoms with Gasteiger partial charge < -0.3 is 4.74 Å². The lowest BCUT2D eigenvalue weighted by molar-refractivity contribution is 0.0732. The molecule has 2 heteroatoms. The molecule has 0 unspecified atom stereocenters. The van der Waals surface area contributed by atoms with Crippen LogP contribution in [-0.4, -0.2) is 18.2 Å². The Morgan fingerprint density at radius 2 is 2.00 bits per heavy atom. The Bertz CT molecular complexity index is 315. The van der Waals surface area contributed by atoms with Gasteiger partial charge in [0, 0.05) is 12.4 Å². The van der Waals surface area contributed by atoms with E-state index in [2.05, 4.69) is 38.7 Å². The Kier molecular flexibility index (Phi) is 4.94. The van der Waals surface area contributed by atoms with Crippen molar-refractivity contribution in [2.75, 3.05) is 13.2 Å². The molecule has 1 aromatic rings. The lowest BCUT2D eigenvalue weighted by atomic mass is 9.99. The molecule has 0 saturated heterocycles. The Labute approximate surface area is 99.0 Å². The van der Waals surface area contributed by atoms with E-state index in [9.17, 15) is 0 Å². The van der Waals surface area contributed by atoms with Gasteiger partial charge in [0.25, 0.3) is 0 Å². The van der Waals surface area contributed by atoms with Gasteiger partial charge in [0.1, 0.15) is 0 Å². The van der Waals surface area contributed by atoms with Gasteiger partial charge in [-0.1, -0.05) is 27.7 Å². The first-order valence-corrected chi connectivity index (χ1v) is 6.02. The van der Waals surface area contributed by atoms with E-state index >= 15 is 0 Å². The summed E-state index contributed by atoms with van der Waals surface area (Å²) in [5.41, 5.74) is 2.96. The van der Waals surface area contributed by atoms with Gasteiger partial charge in [-0.15, -0.1) is 0 Å². The third-order valence-electron chi connectivity index (χ3n) is 2.44. The van der Waals surface area contributed by atoms with E-state index in [0.717, 1.165) is 26.1 Å². The molecule has 2 nitrogen and oxygen atoms in total. The predicted molar refractivity (Wildman–Crippen MR) is 67.6 cm³/mol. The zero-order chi connectivity index (χ0) is 12.0. The van der Waals surface area contributed by atoms with E-state index in [1.807, 2.05) is 12.4 Å². The molecule has 0 aliphatic rings. The first-order valence-electron chi connectivity index (χ1n) is 6.02. The van der Waals surface area contributed by atoms with Crippen molar-refractivity contribution in [3.05, 3.63) is 29.6 Å². The fourth-order valence-electron chi connectivity index (χ4n) is 1.58. The van der Waals surface area contributed by atoms with Crippen LogP contribution < -0.4 is 0 Å². The molecule has 0 aliphatic heterocycles. The summed E-state index contributed by atoms with van der Waals surface area (Å²) in [6.07, 6.45) is 5.85. The maximum absolute atomic E-state index is 5.68. The third-order valence-corrected chi connectivity index (χ3v) is 2.44. The summed E-state index contributed by atoms with van der Waals surface area (Å²) in [7, 11) is 0. The minimum absolute atomic E-state index is 0.256. The Balaban J connectivity index is 2.37. The zero-order valence-electron chi connectivity index (χ0n) is 10.9. The van der Waals surface area contributed by atoms with Gasteiger partial charge in [-0.3, -0.25) is 4.98 Å². The highest BCUT2D eigenvalue weighted by atomic mass is 16.5. The van der Waals surface area contributed by atoms with Crippen molar-refractivity contribution in [2.45, 2.75) is 40.5 Å². The molecule has 0 amide bonds. The monoisotopic (exact) mass is 221 g/mol. The topological polar surface area (TPSA) is 22.1 Å². The number of rotatable bonds is 5. The van der Waals surface area contributed by atoms with Gasteiger partial charge >= 0.3 is 0 Å². The number of hydrogen-bond donors (Lipinski definition) is 0. The molecular weight excluding hydrogens is 198 g/mol. The van der Waals surface area contributed by atoms with Gasteiger partial charge in [-0.05, 0) is 35.4 Å². The molecule has 1 heterocycles. The summed E-state index contributed by atoms with van der Waals surface area (Å²) in [6, 6.07) is 2.10. The van der Waals surface area contributed by atoms with Crippen LogP contribution in [0.15, 0.2) is 18.5 Å². The number of hydrogen-bond acceptors (Lipinski definition) is 2. The van der Waals surface area contributed by atoms with Gasteiger partial charge in [0.05, 0.1) is 13.2 Å². The molecule has 90 valence electrons. The molecule has 0 aliphatic carbocycles. The standard InChI is InChI=1S/C14H23NO/c1-5-12-10-15-8-6-13(12)7-9-16-11-14(2,3)4/h6,8,10H,5,7,9,11H2,1-4H3. The quantitative estimate of drug-likeness (QED) is 0.712. The number of nitrogens with zero attached hydrogens (tertiary/aromatic N) is 1. The molecule has 0 saturated carbocycles. The van der Waals surface area contributed by atoms with E-state index in [4.69, 9.17) is 4.74 Å². The molecule has 0 atom stereocenters. The number of pyridine rings is 1. The first kappa shape index (κ1) is 13.2. The van der Waals surface area contributed by atoms with Crippen LogP contribution >= 0.6 is 0 Å². The van der Waals surface area contributed by atoms with E-state index in [-0.39, 0.29) is 5.41 Å². The molecule has 0 radical (unpaired) electrons. The first-order chi connectivity index (χ1) is 7.53. The van der Waals surface area contributed by atoms with E-state index in [0.29, 0.717) is 0 Å². The summed E-state index contributed by atoms with van der Waals surface area (Å²) in [5.74, 6) is 0. The van der Waals surface area contributed by atoms with Gasteiger partial charge in [-0.25, -0.2) is 0 Å². The van der Waals surface area contributed by atoms with E-state index in [1.54, 1.807) is 0 Å². The van der Waals surface area contributed by atoms with Crippen molar-refractivity contribution in [2.24, 2.45) is 5.41 Å². The highest BCUT2D eigenvalue weighted by molar-refractivity contribution is 5.23. The lowest BCUT2D eigenvalue weighted by Gasteiger charge is -2.18. The fourth-order valence-corrected chi connectivity index (χ4v) is 1.58. The lowest BCUT2D eigenvalue weighted by Crippen LogP contribution is -2.16. The predicted octanol–water partition coefficient (Wildman–Crippen LogP) is 3.25. The normalized spacial score (nSPS) is 11.8. The van der Waals surface area contributed by atoms with Gasteiger partial charge in [-0.2, -0.15) is 0 Å². The zero-order valence-corrected chi connectivity index (χ0v) is 10.9. The molecule has 0 spiro atoms. The molecule has 0 aromatic carbocycles. The van der Waals surface area contributed by atoms with Crippen LogP contribution in [0.1, 0.15) is 38.8 Å². The fraction of sp³-hybridized carbons (Fsp3) is 0.643. The third kappa shape index (κ3) is 4.75. The summed E-state index contributed by atoms with van der Waals surface area (Å²) >= 11 is 0. The molecule has 0 fully saturated rings. The van der Waals surface area contributed by atoms with Crippen molar-refractivity contribution < 1.29 is 4.74 Å². The maximum Gasteiger partial charge on any atom is 0.0514 e. The molecule has 16 heavy (non-hydrogen) atoms. The number of ether oxygens (including phenoxy) is 1. The van der Waals surface area contributed by atoms with Gasteiger partial charge in [0.2, 0.25) is 0 Å². The second kappa shape index (κ2) is 6.00. The van der Waals surface area contributed by atoms with E-state index < -0.39 is 0 Å². The van der Waals surface area contributed by atoms with Crippen LogP contribution in [0.4, 0.5) is 0 Å². The molecular formula is C14H23NO. The summed E-state index contributed by atoms with van der Waals surface area (Å²) in [4.78, 5) is 4.14. The second-order valence-electron chi connectivity index (χ2n) is 5.36. The van der Waals surface area contributed by atoms with Crippen LogP contribution in [0.2, 0.25) is 0 Å². The van der Waals surface area contributed by atoms with Crippen LogP contribution in [0.5, 0.6) is 0 Å². The second-order valence-corrected chi connectivity index (χ2v) is 5.36. The molecule has 0 N–H and O–H groups in total. The van der Waals surface area contributed by atoms with Gasteiger partial charge in [0.15, 0.2) is 0 Å².